The zero-order chi connectivity index (χ0) is 14.7. The second kappa shape index (κ2) is 6.35. The highest BCUT2D eigenvalue weighted by atomic mass is 15.3. The van der Waals surface area contributed by atoms with E-state index >= 15 is 0 Å². The van der Waals surface area contributed by atoms with E-state index in [0.717, 1.165) is 42.5 Å². The van der Waals surface area contributed by atoms with Crippen molar-refractivity contribution in [1.29, 1.82) is 0 Å². The van der Waals surface area contributed by atoms with Crippen LogP contribution in [0.1, 0.15) is 26.7 Å². The first-order valence-corrected chi connectivity index (χ1v) is 7.80. The molecule has 1 N–H and O–H groups in total. The molecule has 3 rings (SSSR count). The predicted octanol–water partition coefficient (Wildman–Crippen LogP) is 2.24. The molecule has 0 amide bonds. The Hall–Kier alpha value is -1.75. The number of anilines is 1. The van der Waals surface area contributed by atoms with Crippen LogP contribution in [-0.2, 0) is 0 Å². The van der Waals surface area contributed by atoms with Crippen molar-refractivity contribution in [2.24, 2.45) is 5.92 Å². The third-order valence-corrected chi connectivity index (χ3v) is 4.06. The number of hydrogen-bond acceptors (Lipinski definition) is 5. The largest absolute Gasteiger partial charge is 0.339 e. The number of fused-ring (bicyclic) bond motifs is 1. The van der Waals surface area contributed by atoms with Crippen molar-refractivity contribution in [2.45, 2.75) is 32.7 Å². The number of hydrogen-bond donors (Lipinski definition) is 1. The topological polar surface area (TPSA) is 53.9 Å². The summed E-state index contributed by atoms with van der Waals surface area (Å²) >= 11 is 0. The molecule has 5 nitrogen and oxygen atoms in total. The average molecular weight is 285 g/mol. The Bertz CT molecular complexity index is 590. The van der Waals surface area contributed by atoms with Crippen LogP contribution < -0.4 is 10.2 Å². The van der Waals surface area contributed by atoms with Crippen molar-refractivity contribution in [3.05, 3.63) is 24.3 Å². The molecule has 1 aromatic heterocycles. The molecule has 2 heterocycles. The molecule has 112 valence electrons. The van der Waals surface area contributed by atoms with Gasteiger partial charge in [-0.2, -0.15) is 0 Å². The van der Waals surface area contributed by atoms with Crippen molar-refractivity contribution in [2.75, 3.05) is 24.5 Å². The number of aromatic nitrogens is 3. The summed E-state index contributed by atoms with van der Waals surface area (Å²) in [5, 5.41) is 12.1. The molecular weight excluding hydrogens is 262 g/mol. The summed E-state index contributed by atoms with van der Waals surface area (Å²) < 4.78 is 0. The molecule has 0 atom stereocenters. The fraction of sp³-hybridized carbons (Fsp3) is 0.562. The Kier molecular flexibility index (Phi) is 4.29. The minimum atomic E-state index is 0.566. The summed E-state index contributed by atoms with van der Waals surface area (Å²) in [6, 6.07) is 8.46. The van der Waals surface area contributed by atoms with E-state index in [4.69, 9.17) is 0 Å². The molecule has 0 saturated carbocycles. The van der Waals surface area contributed by atoms with Crippen LogP contribution in [0.15, 0.2) is 24.3 Å². The lowest BCUT2D eigenvalue weighted by Gasteiger charge is -2.32. The van der Waals surface area contributed by atoms with Crippen molar-refractivity contribution in [3.63, 3.8) is 0 Å². The summed E-state index contributed by atoms with van der Waals surface area (Å²) in [4.78, 5) is 6.89. The van der Waals surface area contributed by atoms with Gasteiger partial charge < -0.3 is 10.2 Å². The van der Waals surface area contributed by atoms with Crippen LogP contribution in [0.2, 0.25) is 0 Å². The van der Waals surface area contributed by atoms with E-state index in [1.54, 1.807) is 0 Å². The minimum Gasteiger partial charge on any atom is -0.339 e. The molecule has 1 aliphatic heterocycles. The Balaban J connectivity index is 1.62. The number of rotatable bonds is 4. The van der Waals surface area contributed by atoms with Gasteiger partial charge in [0.05, 0.1) is 5.52 Å². The molecule has 0 unspecified atom stereocenters. The first-order valence-electron chi connectivity index (χ1n) is 7.80. The molecule has 1 saturated heterocycles. The Labute approximate surface area is 125 Å². The van der Waals surface area contributed by atoms with Crippen LogP contribution in [-0.4, -0.2) is 40.9 Å². The van der Waals surface area contributed by atoms with Gasteiger partial charge in [-0.1, -0.05) is 26.0 Å². The molecule has 0 spiro atoms. The van der Waals surface area contributed by atoms with E-state index < -0.39 is 0 Å². The smallest absolute Gasteiger partial charge is 0.245 e. The molecule has 21 heavy (non-hydrogen) atoms. The lowest BCUT2D eigenvalue weighted by atomic mass is 9.97. The van der Waals surface area contributed by atoms with E-state index in [1.165, 1.54) is 12.8 Å². The van der Waals surface area contributed by atoms with Gasteiger partial charge in [0.25, 0.3) is 0 Å². The fourth-order valence-corrected chi connectivity index (χ4v) is 2.75. The Morgan fingerprint density at radius 1 is 1.14 bits per heavy atom. The minimum absolute atomic E-state index is 0.566. The van der Waals surface area contributed by atoms with Crippen molar-refractivity contribution >= 4 is 17.0 Å². The van der Waals surface area contributed by atoms with Crippen LogP contribution in [0.4, 0.5) is 5.95 Å². The third kappa shape index (κ3) is 3.47. The van der Waals surface area contributed by atoms with Crippen LogP contribution in [0, 0.1) is 5.92 Å². The standard InChI is InChI=1S/C16H23N5/c1-12(2)17-11-13-7-9-21(10-8-13)16-18-14-5-3-4-6-15(14)19-20-16/h3-6,12-13,17H,7-11H2,1-2H3. The van der Waals surface area contributed by atoms with Gasteiger partial charge in [-0.25, -0.2) is 4.98 Å². The van der Waals surface area contributed by atoms with E-state index in [1.807, 2.05) is 24.3 Å². The number of nitrogens with zero attached hydrogens (tertiary/aromatic N) is 4. The van der Waals surface area contributed by atoms with Gasteiger partial charge in [0, 0.05) is 19.1 Å². The maximum absolute atomic E-state index is 4.63. The van der Waals surface area contributed by atoms with Gasteiger partial charge in [-0.15, -0.1) is 10.2 Å². The highest BCUT2D eigenvalue weighted by Gasteiger charge is 2.21. The Morgan fingerprint density at radius 3 is 2.57 bits per heavy atom. The fourth-order valence-electron chi connectivity index (χ4n) is 2.75. The third-order valence-electron chi connectivity index (χ3n) is 4.06. The van der Waals surface area contributed by atoms with E-state index in [0.29, 0.717) is 6.04 Å². The maximum Gasteiger partial charge on any atom is 0.245 e. The summed E-state index contributed by atoms with van der Waals surface area (Å²) in [5.41, 5.74) is 1.78. The second-order valence-corrected chi connectivity index (χ2v) is 6.09. The van der Waals surface area contributed by atoms with Crippen molar-refractivity contribution in [1.82, 2.24) is 20.5 Å². The zero-order valence-electron chi connectivity index (χ0n) is 12.8. The second-order valence-electron chi connectivity index (χ2n) is 6.09. The quantitative estimate of drug-likeness (QED) is 0.933. The molecule has 5 heteroatoms. The van der Waals surface area contributed by atoms with Crippen LogP contribution in [0.5, 0.6) is 0 Å². The van der Waals surface area contributed by atoms with Crippen molar-refractivity contribution < 1.29 is 0 Å². The molecule has 0 aliphatic carbocycles. The molecule has 2 aromatic rings. The normalized spacial score (nSPS) is 16.8. The molecule has 0 bridgehead atoms. The highest BCUT2D eigenvalue weighted by Crippen LogP contribution is 2.21. The van der Waals surface area contributed by atoms with Gasteiger partial charge in [-0.3, -0.25) is 0 Å². The van der Waals surface area contributed by atoms with Crippen LogP contribution in [0.25, 0.3) is 11.0 Å². The van der Waals surface area contributed by atoms with Gasteiger partial charge in [0.1, 0.15) is 5.52 Å². The number of para-hydroxylation sites is 1. The summed E-state index contributed by atoms with van der Waals surface area (Å²) in [6.07, 6.45) is 2.38. The SMILES string of the molecule is CC(C)NCC1CCN(c2nnc3ccccc3n2)CC1. The summed E-state index contributed by atoms with van der Waals surface area (Å²) in [7, 11) is 0. The van der Waals surface area contributed by atoms with E-state index in [-0.39, 0.29) is 0 Å². The molecule has 1 aromatic carbocycles. The average Bonchev–Trinajstić information content (AvgIpc) is 2.53. The van der Waals surface area contributed by atoms with Gasteiger partial charge >= 0.3 is 0 Å². The maximum atomic E-state index is 4.63. The van der Waals surface area contributed by atoms with Crippen LogP contribution in [0.3, 0.4) is 0 Å². The highest BCUT2D eigenvalue weighted by molar-refractivity contribution is 5.74. The molecule has 1 fully saturated rings. The Morgan fingerprint density at radius 2 is 1.86 bits per heavy atom. The van der Waals surface area contributed by atoms with E-state index in [2.05, 4.69) is 39.2 Å². The number of nitrogens with one attached hydrogen (secondary N) is 1. The first kappa shape index (κ1) is 14.2. The number of benzene rings is 1. The van der Waals surface area contributed by atoms with Crippen LogP contribution >= 0.6 is 0 Å². The van der Waals surface area contributed by atoms with E-state index in [9.17, 15) is 0 Å². The van der Waals surface area contributed by atoms with Gasteiger partial charge in [0.2, 0.25) is 5.95 Å². The summed E-state index contributed by atoms with van der Waals surface area (Å²) in [5.74, 6) is 1.53. The molecule has 0 radical (unpaired) electrons. The van der Waals surface area contributed by atoms with Crippen molar-refractivity contribution in [3.8, 4) is 0 Å². The van der Waals surface area contributed by atoms with Gasteiger partial charge in [0.15, 0.2) is 0 Å². The monoisotopic (exact) mass is 285 g/mol. The zero-order valence-corrected chi connectivity index (χ0v) is 12.8. The lowest BCUT2D eigenvalue weighted by molar-refractivity contribution is 0.368. The molecule has 1 aliphatic rings. The van der Waals surface area contributed by atoms with Gasteiger partial charge in [-0.05, 0) is 37.4 Å². The summed E-state index contributed by atoms with van der Waals surface area (Å²) in [6.45, 7) is 7.55. The number of piperidine rings is 1. The lowest BCUT2D eigenvalue weighted by Crippen LogP contribution is -2.39. The molecular formula is C16H23N5. The first-order chi connectivity index (χ1) is 10.2. The predicted molar refractivity (Wildman–Crippen MR) is 85.4 cm³/mol.